The molecule has 1 aliphatic rings. The molecule has 0 saturated heterocycles. The van der Waals surface area contributed by atoms with E-state index >= 15 is 0 Å². The van der Waals surface area contributed by atoms with E-state index in [1.807, 2.05) is 54.6 Å². The van der Waals surface area contributed by atoms with Crippen LogP contribution in [0, 0.1) is 12.3 Å². The van der Waals surface area contributed by atoms with Crippen LogP contribution in [0.25, 0.3) is 11.8 Å². The number of thiazole rings is 1. The van der Waals surface area contributed by atoms with Crippen LogP contribution in [0.5, 0.6) is 11.5 Å². The summed E-state index contributed by atoms with van der Waals surface area (Å²) in [5.74, 6) is 3.22. The van der Waals surface area contributed by atoms with Crippen molar-refractivity contribution in [2.24, 2.45) is 4.99 Å². The second-order valence-corrected chi connectivity index (χ2v) is 9.78. The Morgan fingerprint density at radius 1 is 1.05 bits per heavy atom. The van der Waals surface area contributed by atoms with Gasteiger partial charge in [-0.1, -0.05) is 71.9 Å². The fourth-order valence-corrected chi connectivity index (χ4v) is 5.48. The van der Waals surface area contributed by atoms with Crippen LogP contribution in [0.3, 0.4) is 0 Å². The first-order chi connectivity index (χ1) is 19.5. The smallest absolute Gasteiger partial charge is 0.338 e. The zero-order valence-corrected chi connectivity index (χ0v) is 22.8. The minimum Gasteiger partial charge on any atom is -0.497 e. The summed E-state index contributed by atoms with van der Waals surface area (Å²) in [5.41, 5.74) is 2.81. The molecule has 3 aromatic carbocycles. The number of terminal acetylenes is 1. The van der Waals surface area contributed by atoms with E-state index in [1.54, 1.807) is 48.9 Å². The Morgan fingerprint density at radius 2 is 1.75 bits per heavy atom. The van der Waals surface area contributed by atoms with Crippen molar-refractivity contribution in [3.63, 3.8) is 0 Å². The van der Waals surface area contributed by atoms with Gasteiger partial charge in [0.15, 0.2) is 4.80 Å². The summed E-state index contributed by atoms with van der Waals surface area (Å²) in [5, 5.41) is 0. The summed E-state index contributed by atoms with van der Waals surface area (Å²) in [4.78, 5) is 32.8. The van der Waals surface area contributed by atoms with Crippen molar-refractivity contribution in [1.82, 2.24) is 4.57 Å². The molecule has 2 heterocycles. The number of methoxy groups -OCH3 is 1. The van der Waals surface area contributed by atoms with Gasteiger partial charge in [0.05, 0.1) is 35.6 Å². The second kappa shape index (κ2) is 11.9. The van der Waals surface area contributed by atoms with Gasteiger partial charge in [0.25, 0.3) is 5.56 Å². The van der Waals surface area contributed by atoms with Gasteiger partial charge in [-0.15, -0.1) is 6.42 Å². The van der Waals surface area contributed by atoms with Crippen molar-refractivity contribution in [3.8, 4) is 23.8 Å². The molecule has 1 aromatic heterocycles. The highest BCUT2D eigenvalue weighted by atomic mass is 32.1. The lowest BCUT2D eigenvalue weighted by molar-refractivity contribution is -0.138. The molecule has 0 unspecified atom stereocenters. The van der Waals surface area contributed by atoms with Gasteiger partial charge < -0.3 is 14.2 Å². The van der Waals surface area contributed by atoms with Gasteiger partial charge in [-0.3, -0.25) is 9.36 Å². The molecule has 5 rings (SSSR count). The first-order valence-electron chi connectivity index (χ1n) is 12.6. The lowest BCUT2D eigenvalue weighted by Crippen LogP contribution is -2.40. The Morgan fingerprint density at radius 3 is 2.40 bits per heavy atom. The topological polar surface area (TPSA) is 79.1 Å². The van der Waals surface area contributed by atoms with Gasteiger partial charge >= 0.3 is 5.97 Å². The molecule has 0 amide bonds. The molecule has 0 radical (unpaired) electrons. The zero-order valence-electron chi connectivity index (χ0n) is 22.0. The molecule has 1 atom stereocenters. The van der Waals surface area contributed by atoms with E-state index in [9.17, 15) is 9.59 Å². The second-order valence-electron chi connectivity index (χ2n) is 8.77. The van der Waals surface area contributed by atoms with Gasteiger partial charge in [-0.05, 0) is 48.4 Å². The van der Waals surface area contributed by atoms with Crippen LogP contribution in [0.1, 0.15) is 29.7 Å². The number of hydrogen-bond donors (Lipinski definition) is 0. The van der Waals surface area contributed by atoms with Gasteiger partial charge in [-0.2, -0.15) is 0 Å². The third-order valence-corrected chi connectivity index (χ3v) is 7.29. The molecular weight excluding hydrogens is 524 g/mol. The van der Waals surface area contributed by atoms with Crippen LogP contribution in [0.4, 0.5) is 0 Å². The fourth-order valence-electron chi connectivity index (χ4n) is 4.48. The maximum Gasteiger partial charge on any atom is 0.338 e. The molecule has 0 fully saturated rings. The Bertz CT molecular complexity index is 1780. The predicted octanol–water partition coefficient (Wildman–Crippen LogP) is 3.96. The molecule has 0 N–H and O–H groups in total. The largest absolute Gasteiger partial charge is 0.497 e. The Balaban J connectivity index is 1.73. The molecule has 0 aliphatic carbocycles. The highest BCUT2D eigenvalue weighted by Crippen LogP contribution is 2.35. The quantitative estimate of drug-likeness (QED) is 0.245. The standard InChI is InChI=1S/C32H26N2O5S/c1-4-19-39-25-15-11-21(12-16-25)20-26-30(35)34-29(23-13-17-24(37-3)18-14-23)27(31(36)38-5-2)28(33-32(34)40-26)22-9-7-6-8-10-22/h1,6-18,20,29H,5,19H2,2-3H3/b26-20-/t29-/m1/s1. The van der Waals surface area contributed by atoms with Crippen molar-refractivity contribution in [1.29, 1.82) is 0 Å². The van der Waals surface area contributed by atoms with Gasteiger partial charge in [0, 0.05) is 5.56 Å². The highest BCUT2D eigenvalue weighted by molar-refractivity contribution is 7.07. The molecule has 1 aliphatic heterocycles. The van der Waals surface area contributed by atoms with E-state index in [1.165, 1.54) is 11.3 Å². The van der Waals surface area contributed by atoms with Crippen molar-refractivity contribution in [2.75, 3.05) is 20.3 Å². The highest BCUT2D eigenvalue weighted by Gasteiger charge is 2.35. The van der Waals surface area contributed by atoms with Crippen LogP contribution in [-0.4, -0.2) is 30.9 Å². The molecule has 0 saturated carbocycles. The number of hydrogen-bond acceptors (Lipinski definition) is 7. The maximum absolute atomic E-state index is 13.9. The number of nitrogens with zero attached hydrogens (tertiary/aromatic N) is 2. The number of ether oxygens (including phenoxy) is 3. The molecule has 0 spiro atoms. The summed E-state index contributed by atoms with van der Waals surface area (Å²) in [6.45, 7) is 2.11. The van der Waals surface area contributed by atoms with Gasteiger partial charge in [-0.25, -0.2) is 9.79 Å². The lowest BCUT2D eigenvalue weighted by Gasteiger charge is -2.26. The number of carbonyl (C=O) groups excluding carboxylic acids is 1. The summed E-state index contributed by atoms with van der Waals surface area (Å²) in [6.07, 6.45) is 7.07. The molecule has 4 aromatic rings. The Hall–Kier alpha value is -4.87. The van der Waals surface area contributed by atoms with Crippen LogP contribution in [0.15, 0.2) is 94.2 Å². The molecule has 8 heteroatoms. The van der Waals surface area contributed by atoms with E-state index in [2.05, 4.69) is 5.92 Å². The minimum absolute atomic E-state index is 0.176. The van der Waals surface area contributed by atoms with E-state index in [0.717, 1.165) is 16.7 Å². The van der Waals surface area contributed by atoms with Crippen LogP contribution < -0.4 is 24.4 Å². The SMILES string of the molecule is C#CCOc1ccc(/C=c2\sc3n(c2=O)[C@H](c2ccc(OC)cc2)C(C(=O)OCC)=C(c2ccccc2)N=3)cc1. The van der Waals surface area contributed by atoms with E-state index in [-0.39, 0.29) is 18.8 Å². The molecule has 7 nitrogen and oxygen atoms in total. The van der Waals surface area contributed by atoms with E-state index < -0.39 is 12.0 Å². The third kappa shape index (κ3) is 5.33. The monoisotopic (exact) mass is 550 g/mol. The molecule has 0 bridgehead atoms. The normalized spacial score (nSPS) is 14.6. The number of benzene rings is 3. The number of fused-ring (bicyclic) bond motifs is 1. The van der Waals surface area contributed by atoms with Gasteiger partial charge in [0.1, 0.15) is 18.1 Å². The van der Waals surface area contributed by atoms with Crippen molar-refractivity contribution >= 4 is 29.1 Å². The minimum atomic E-state index is -0.752. The summed E-state index contributed by atoms with van der Waals surface area (Å²) < 4.78 is 18.3. The maximum atomic E-state index is 13.9. The lowest BCUT2D eigenvalue weighted by atomic mass is 9.93. The Kier molecular flexibility index (Phi) is 7.94. The number of carbonyl (C=O) groups is 1. The van der Waals surface area contributed by atoms with Gasteiger partial charge in [0.2, 0.25) is 0 Å². The third-order valence-electron chi connectivity index (χ3n) is 6.31. The summed E-state index contributed by atoms with van der Waals surface area (Å²) >= 11 is 1.27. The number of aromatic nitrogens is 1. The first kappa shape index (κ1) is 26.7. The summed E-state index contributed by atoms with van der Waals surface area (Å²) in [6, 6.07) is 23.3. The number of rotatable bonds is 8. The van der Waals surface area contributed by atoms with Crippen LogP contribution in [-0.2, 0) is 9.53 Å². The fraction of sp³-hybridized carbons (Fsp3) is 0.156. The summed E-state index contributed by atoms with van der Waals surface area (Å²) in [7, 11) is 1.59. The molecular formula is C32H26N2O5S. The molecule has 200 valence electrons. The van der Waals surface area contributed by atoms with Crippen molar-refractivity contribution in [2.45, 2.75) is 13.0 Å². The first-order valence-corrected chi connectivity index (χ1v) is 13.4. The van der Waals surface area contributed by atoms with Crippen molar-refractivity contribution < 1.29 is 19.0 Å². The van der Waals surface area contributed by atoms with Crippen molar-refractivity contribution in [3.05, 3.63) is 121 Å². The van der Waals surface area contributed by atoms with E-state index in [4.69, 9.17) is 25.6 Å². The van der Waals surface area contributed by atoms with E-state index in [0.29, 0.717) is 32.1 Å². The van der Waals surface area contributed by atoms with Crippen LogP contribution in [0.2, 0.25) is 0 Å². The predicted molar refractivity (Wildman–Crippen MR) is 155 cm³/mol. The molecule has 40 heavy (non-hydrogen) atoms. The number of esters is 1. The zero-order chi connectivity index (χ0) is 28.1. The average Bonchev–Trinajstić information content (AvgIpc) is 3.30. The average molecular weight is 551 g/mol. The van der Waals surface area contributed by atoms with Crippen LogP contribution >= 0.6 is 11.3 Å². The Labute approximate surface area is 235 Å².